The van der Waals surface area contributed by atoms with Gasteiger partial charge in [-0.3, -0.25) is 4.57 Å². The lowest BCUT2D eigenvalue weighted by molar-refractivity contribution is 0.724. The lowest BCUT2D eigenvalue weighted by atomic mass is 9.63. The molecule has 0 amide bonds. The third kappa shape index (κ3) is 3.51. The number of fused-ring (bicyclic) bond motifs is 5. The lowest BCUT2D eigenvalue weighted by Gasteiger charge is -2.41. The van der Waals surface area contributed by atoms with Crippen molar-refractivity contribution >= 4 is 32.8 Å². The van der Waals surface area contributed by atoms with Gasteiger partial charge in [0.1, 0.15) is 12.0 Å². The number of hydrogen-bond acceptors (Lipinski definition) is 3. The number of aromatic nitrogens is 5. The molecule has 6 aromatic carbocycles. The average molecular weight is 602 g/mol. The Bertz CT molecular complexity index is 2530. The van der Waals surface area contributed by atoms with E-state index in [2.05, 4.69) is 165 Å². The first-order valence-electron chi connectivity index (χ1n) is 15.9. The van der Waals surface area contributed by atoms with Gasteiger partial charge in [0.05, 0.1) is 33.2 Å². The Hall–Kier alpha value is -6.33. The highest BCUT2D eigenvalue weighted by Gasteiger charge is 2.46. The summed E-state index contributed by atoms with van der Waals surface area (Å²) in [6.45, 7) is 0. The highest BCUT2D eigenvalue weighted by atomic mass is 15.1. The van der Waals surface area contributed by atoms with Crippen molar-refractivity contribution in [2.24, 2.45) is 0 Å². The molecule has 10 rings (SSSR count). The summed E-state index contributed by atoms with van der Waals surface area (Å²) in [7, 11) is 0. The number of para-hydroxylation sites is 3. The van der Waals surface area contributed by atoms with Crippen LogP contribution in [-0.2, 0) is 5.41 Å². The molecular weight excluding hydrogens is 574 g/mol. The molecule has 1 aliphatic heterocycles. The SMILES string of the molecule is c1ccc(C2(c3ccccc3)c3cc(-n4c5ccccc5c5ccccc54)ccc3-n3c(-c4ccncn4)nc4cccc2c43)cc1. The van der Waals surface area contributed by atoms with Crippen molar-refractivity contribution in [3.05, 3.63) is 186 Å². The van der Waals surface area contributed by atoms with Gasteiger partial charge in [0.25, 0.3) is 0 Å². The van der Waals surface area contributed by atoms with Crippen LogP contribution in [0.15, 0.2) is 164 Å². The summed E-state index contributed by atoms with van der Waals surface area (Å²) in [5.41, 5.74) is 11.5. The Morgan fingerprint density at radius 1 is 0.532 bits per heavy atom. The minimum atomic E-state index is -0.620. The van der Waals surface area contributed by atoms with Crippen LogP contribution in [0.1, 0.15) is 22.3 Å². The predicted molar refractivity (Wildman–Crippen MR) is 188 cm³/mol. The molecule has 0 aliphatic carbocycles. The van der Waals surface area contributed by atoms with Crippen LogP contribution in [0.5, 0.6) is 0 Å². The minimum Gasteiger partial charge on any atom is -0.309 e. The number of hydrogen-bond donors (Lipinski definition) is 0. The summed E-state index contributed by atoms with van der Waals surface area (Å²) in [5, 5.41) is 2.48. The van der Waals surface area contributed by atoms with E-state index in [1.165, 1.54) is 44.1 Å². The molecule has 4 heterocycles. The quantitative estimate of drug-likeness (QED) is 0.202. The van der Waals surface area contributed by atoms with Gasteiger partial charge in [-0.25, -0.2) is 15.0 Å². The predicted octanol–water partition coefficient (Wildman–Crippen LogP) is 9.28. The molecule has 5 nitrogen and oxygen atoms in total. The maximum absolute atomic E-state index is 5.23. The summed E-state index contributed by atoms with van der Waals surface area (Å²) < 4.78 is 4.71. The van der Waals surface area contributed by atoms with E-state index in [1.807, 2.05) is 6.07 Å². The van der Waals surface area contributed by atoms with E-state index in [4.69, 9.17) is 4.98 Å². The van der Waals surface area contributed by atoms with Gasteiger partial charge in [-0.15, -0.1) is 0 Å². The molecule has 220 valence electrons. The van der Waals surface area contributed by atoms with Crippen LogP contribution in [0, 0.1) is 0 Å². The van der Waals surface area contributed by atoms with Gasteiger partial charge in [-0.2, -0.15) is 0 Å². The van der Waals surface area contributed by atoms with Crippen LogP contribution in [0.25, 0.3) is 55.7 Å². The second-order valence-electron chi connectivity index (χ2n) is 12.1. The van der Waals surface area contributed by atoms with Crippen molar-refractivity contribution in [3.8, 4) is 22.9 Å². The molecule has 0 saturated heterocycles. The third-order valence-electron chi connectivity index (χ3n) is 9.77. The zero-order valence-electron chi connectivity index (χ0n) is 25.3. The molecule has 0 fully saturated rings. The molecule has 0 N–H and O–H groups in total. The lowest BCUT2D eigenvalue weighted by Crippen LogP contribution is -2.35. The van der Waals surface area contributed by atoms with E-state index in [9.17, 15) is 0 Å². The molecule has 3 aromatic heterocycles. The van der Waals surface area contributed by atoms with Crippen molar-refractivity contribution < 1.29 is 0 Å². The van der Waals surface area contributed by atoms with E-state index >= 15 is 0 Å². The first kappa shape index (κ1) is 25.9. The molecule has 0 saturated carbocycles. The molecule has 1 aliphatic rings. The van der Waals surface area contributed by atoms with Crippen LogP contribution in [0.2, 0.25) is 0 Å². The van der Waals surface area contributed by atoms with Gasteiger partial charge >= 0.3 is 0 Å². The maximum atomic E-state index is 5.23. The number of imidazole rings is 1. The topological polar surface area (TPSA) is 48.5 Å². The molecule has 0 spiro atoms. The van der Waals surface area contributed by atoms with Crippen LogP contribution < -0.4 is 0 Å². The monoisotopic (exact) mass is 601 g/mol. The fraction of sp³-hybridized carbons (Fsp3) is 0.0238. The summed E-state index contributed by atoms with van der Waals surface area (Å²) in [4.78, 5) is 14.1. The fourth-order valence-corrected chi connectivity index (χ4v) is 7.93. The number of rotatable bonds is 4. The summed E-state index contributed by atoms with van der Waals surface area (Å²) >= 11 is 0. The highest BCUT2D eigenvalue weighted by Crippen LogP contribution is 2.54. The number of nitrogens with zero attached hydrogens (tertiary/aromatic N) is 5. The standard InChI is InChI=1S/C42H27N5/c1-3-12-28(13-4-1)42(29-14-5-2-6-15-29)33-18-11-19-35-40(33)47(41(45-35)36-24-25-43-27-44-36)39-23-22-30(26-34(39)42)46-37-20-9-7-16-31(37)32-17-8-10-21-38(32)46/h1-27H. The smallest absolute Gasteiger partial charge is 0.164 e. The molecule has 0 radical (unpaired) electrons. The third-order valence-corrected chi connectivity index (χ3v) is 9.77. The molecule has 47 heavy (non-hydrogen) atoms. The first-order chi connectivity index (χ1) is 23.3. The van der Waals surface area contributed by atoms with Gasteiger partial charge in [0, 0.05) is 22.7 Å². The Morgan fingerprint density at radius 3 is 1.85 bits per heavy atom. The van der Waals surface area contributed by atoms with E-state index in [1.54, 1.807) is 12.5 Å². The molecule has 0 bridgehead atoms. The van der Waals surface area contributed by atoms with Gasteiger partial charge in [0.2, 0.25) is 0 Å². The normalized spacial score (nSPS) is 13.3. The number of benzene rings is 6. The molecular formula is C42H27N5. The van der Waals surface area contributed by atoms with E-state index in [0.717, 1.165) is 33.9 Å². The van der Waals surface area contributed by atoms with Crippen molar-refractivity contribution in [2.45, 2.75) is 5.41 Å². The van der Waals surface area contributed by atoms with Crippen LogP contribution in [0.4, 0.5) is 0 Å². The van der Waals surface area contributed by atoms with Crippen molar-refractivity contribution in [1.82, 2.24) is 24.1 Å². The Morgan fingerprint density at radius 2 is 1.19 bits per heavy atom. The van der Waals surface area contributed by atoms with E-state index < -0.39 is 5.41 Å². The highest BCUT2D eigenvalue weighted by molar-refractivity contribution is 6.09. The van der Waals surface area contributed by atoms with Gasteiger partial charge in [0.15, 0.2) is 5.82 Å². The van der Waals surface area contributed by atoms with Crippen LogP contribution >= 0.6 is 0 Å². The van der Waals surface area contributed by atoms with E-state index in [0.29, 0.717) is 0 Å². The van der Waals surface area contributed by atoms with Crippen LogP contribution in [0.3, 0.4) is 0 Å². The van der Waals surface area contributed by atoms with Gasteiger partial charge in [-0.05, 0) is 64.7 Å². The van der Waals surface area contributed by atoms with E-state index in [-0.39, 0.29) is 0 Å². The first-order valence-corrected chi connectivity index (χ1v) is 15.9. The Labute approximate surface area is 271 Å². The van der Waals surface area contributed by atoms with Crippen molar-refractivity contribution in [1.29, 1.82) is 0 Å². The summed E-state index contributed by atoms with van der Waals surface area (Å²) in [6.07, 6.45) is 3.37. The average Bonchev–Trinajstić information content (AvgIpc) is 3.70. The zero-order chi connectivity index (χ0) is 31.0. The Kier molecular flexibility index (Phi) is 5.43. The van der Waals surface area contributed by atoms with Gasteiger partial charge < -0.3 is 4.57 Å². The molecule has 5 heteroatoms. The molecule has 9 aromatic rings. The van der Waals surface area contributed by atoms with Crippen LogP contribution in [-0.4, -0.2) is 24.1 Å². The zero-order valence-corrected chi connectivity index (χ0v) is 25.3. The maximum Gasteiger partial charge on any atom is 0.164 e. The summed E-state index contributed by atoms with van der Waals surface area (Å²) in [5.74, 6) is 0.801. The fourth-order valence-electron chi connectivity index (χ4n) is 7.93. The van der Waals surface area contributed by atoms with Crippen molar-refractivity contribution in [3.63, 3.8) is 0 Å². The molecule has 0 unspecified atom stereocenters. The van der Waals surface area contributed by atoms with Gasteiger partial charge in [-0.1, -0.05) is 109 Å². The van der Waals surface area contributed by atoms with Crippen molar-refractivity contribution in [2.75, 3.05) is 0 Å². The minimum absolute atomic E-state index is 0.620. The summed E-state index contributed by atoms with van der Waals surface area (Å²) in [6, 6.07) is 54.6. The second kappa shape index (κ2) is 9.83. The second-order valence-corrected chi connectivity index (χ2v) is 12.1. The Balaban J connectivity index is 1.40. The molecule has 0 atom stereocenters. The largest absolute Gasteiger partial charge is 0.309 e.